The standard InChI is InChI=1S/C23H21N3O8/c27-18-16(13-32-21(29)14-7-3-1-4-8-14)33-20(19(18)28)26-12-11-17(24-23(26)31)25-34-22(30)15-9-5-2-6-10-15/h1-12,16,18-20,27-28H,13H2,(H,24,25,31)/t16-,18-,19-,20-/m1/s1. The first kappa shape index (κ1) is 23.1. The van der Waals surface area contributed by atoms with Crippen LogP contribution in [0.5, 0.6) is 0 Å². The van der Waals surface area contributed by atoms with E-state index < -0.39 is 42.2 Å². The molecular formula is C23H21N3O8. The Morgan fingerprint density at radius 3 is 2.18 bits per heavy atom. The minimum Gasteiger partial charge on any atom is -0.459 e. The fourth-order valence-electron chi connectivity index (χ4n) is 3.31. The first-order chi connectivity index (χ1) is 16.4. The Kier molecular flexibility index (Phi) is 6.97. The van der Waals surface area contributed by atoms with Crippen molar-refractivity contribution in [2.24, 2.45) is 0 Å². The second-order valence-corrected chi connectivity index (χ2v) is 7.37. The number of nitrogens with one attached hydrogen (secondary N) is 1. The molecule has 3 N–H and O–H groups in total. The molecule has 0 saturated carbocycles. The van der Waals surface area contributed by atoms with E-state index in [0.717, 1.165) is 4.57 Å². The van der Waals surface area contributed by atoms with Gasteiger partial charge in [0.25, 0.3) is 0 Å². The molecule has 11 nitrogen and oxygen atoms in total. The Hall–Kier alpha value is -4.06. The lowest BCUT2D eigenvalue weighted by Crippen LogP contribution is -2.36. The van der Waals surface area contributed by atoms with Gasteiger partial charge in [-0.2, -0.15) is 10.5 Å². The maximum absolute atomic E-state index is 12.5. The van der Waals surface area contributed by atoms with Gasteiger partial charge < -0.3 is 24.5 Å². The molecule has 1 aromatic heterocycles. The van der Waals surface area contributed by atoms with E-state index in [-0.39, 0.29) is 12.4 Å². The molecule has 0 bridgehead atoms. The maximum Gasteiger partial charge on any atom is 0.362 e. The van der Waals surface area contributed by atoms with E-state index in [1.807, 2.05) is 0 Å². The SMILES string of the molecule is O=C(OC[C@H]1O[C@@H](n2ccc(NOC(=O)c3ccccc3)nc2=O)[C@H](O)[C@@H]1O)c1ccccc1. The lowest BCUT2D eigenvalue weighted by atomic mass is 10.1. The van der Waals surface area contributed by atoms with Gasteiger partial charge in [-0.05, 0) is 24.3 Å². The number of anilines is 1. The minimum atomic E-state index is -1.48. The zero-order valence-electron chi connectivity index (χ0n) is 17.7. The number of aliphatic hydroxyl groups is 2. The quantitative estimate of drug-likeness (QED) is 0.338. The van der Waals surface area contributed by atoms with E-state index in [1.165, 1.54) is 12.3 Å². The number of benzene rings is 2. The molecule has 0 amide bonds. The van der Waals surface area contributed by atoms with Crippen molar-refractivity contribution in [1.29, 1.82) is 0 Å². The number of esters is 1. The highest BCUT2D eigenvalue weighted by Gasteiger charge is 2.44. The van der Waals surface area contributed by atoms with Crippen molar-refractivity contribution in [2.45, 2.75) is 24.5 Å². The largest absolute Gasteiger partial charge is 0.459 e. The van der Waals surface area contributed by atoms with Gasteiger partial charge in [0.15, 0.2) is 12.0 Å². The number of hydrogen-bond donors (Lipinski definition) is 3. The van der Waals surface area contributed by atoms with Crippen LogP contribution in [0, 0.1) is 0 Å². The second-order valence-electron chi connectivity index (χ2n) is 7.37. The van der Waals surface area contributed by atoms with E-state index >= 15 is 0 Å². The van der Waals surface area contributed by atoms with Crippen LogP contribution in [0.4, 0.5) is 5.82 Å². The first-order valence-electron chi connectivity index (χ1n) is 10.3. The number of hydrogen-bond acceptors (Lipinski definition) is 10. The average molecular weight is 467 g/mol. The summed E-state index contributed by atoms with van der Waals surface area (Å²) in [5.74, 6) is -1.34. The van der Waals surface area contributed by atoms with Crippen molar-refractivity contribution in [3.8, 4) is 0 Å². The van der Waals surface area contributed by atoms with E-state index in [2.05, 4.69) is 10.5 Å². The molecule has 2 aromatic carbocycles. The predicted molar refractivity (Wildman–Crippen MR) is 117 cm³/mol. The number of aliphatic hydroxyl groups excluding tert-OH is 2. The third kappa shape index (κ3) is 5.12. The van der Waals surface area contributed by atoms with E-state index in [4.69, 9.17) is 14.3 Å². The van der Waals surface area contributed by atoms with E-state index in [0.29, 0.717) is 11.1 Å². The van der Waals surface area contributed by atoms with Crippen LogP contribution < -0.4 is 11.2 Å². The first-order valence-corrected chi connectivity index (χ1v) is 10.3. The molecule has 0 unspecified atom stereocenters. The summed E-state index contributed by atoms with van der Waals surface area (Å²) in [6, 6.07) is 17.8. The van der Waals surface area contributed by atoms with Gasteiger partial charge in [0.2, 0.25) is 0 Å². The summed E-state index contributed by atoms with van der Waals surface area (Å²) in [6.45, 7) is -0.334. The zero-order valence-corrected chi connectivity index (χ0v) is 17.7. The third-order valence-electron chi connectivity index (χ3n) is 5.09. The van der Waals surface area contributed by atoms with Gasteiger partial charge >= 0.3 is 17.6 Å². The van der Waals surface area contributed by atoms with Crippen molar-refractivity contribution >= 4 is 17.8 Å². The third-order valence-corrected chi connectivity index (χ3v) is 5.09. The highest BCUT2D eigenvalue weighted by Crippen LogP contribution is 2.28. The van der Waals surface area contributed by atoms with Crippen molar-refractivity contribution in [3.63, 3.8) is 0 Å². The molecule has 1 fully saturated rings. The van der Waals surface area contributed by atoms with Crippen LogP contribution in [-0.2, 0) is 14.3 Å². The maximum atomic E-state index is 12.5. The van der Waals surface area contributed by atoms with Crippen molar-refractivity contribution in [1.82, 2.24) is 9.55 Å². The van der Waals surface area contributed by atoms with Gasteiger partial charge in [-0.15, -0.1) is 0 Å². The Morgan fingerprint density at radius 2 is 1.56 bits per heavy atom. The number of aromatic nitrogens is 2. The van der Waals surface area contributed by atoms with Crippen LogP contribution in [0.3, 0.4) is 0 Å². The van der Waals surface area contributed by atoms with Gasteiger partial charge in [-0.3, -0.25) is 4.57 Å². The van der Waals surface area contributed by atoms with Crippen molar-refractivity contribution in [2.75, 3.05) is 12.1 Å². The van der Waals surface area contributed by atoms with E-state index in [1.54, 1.807) is 60.7 Å². The van der Waals surface area contributed by atoms with Crippen molar-refractivity contribution in [3.05, 3.63) is 94.5 Å². The molecule has 3 aromatic rings. The van der Waals surface area contributed by atoms with Crippen LogP contribution in [0.2, 0.25) is 0 Å². The van der Waals surface area contributed by atoms with Gasteiger partial charge in [-0.1, -0.05) is 36.4 Å². The number of rotatable bonds is 7. The fraction of sp³-hybridized carbons (Fsp3) is 0.217. The smallest absolute Gasteiger partial charge is 0.362 e. The summed E-state index contributed by atoms with van der Waals surface area (Å²) in [4.78, 5) is 45.2. The Labute approximate surface area is 193 Å². The van der Waals surface area contributed by atoms with Gasteiger partial charge in [0.05, 0.1) is 11.1 Å². The predicted octanol–water partition coefficient (Wildman–Crippen LogP) is 0.903. The fourth-order valence-corrected chi connectivity index (χ4v) is 3.31. The Balaban J connectivity index is 1.37. The number of ether oxygens (including phenoxy) is 2. The molecule has 176 valence electrons. The second kappa shape index (κ2) is 10.3. The normalized spacial score (nSPS) is 21.6. The van der Waals surface area contributed by atoms with Crippen LogP contribution >= 0.6 is 0 Å². The van der Waals surface area contributed by atoms with Crippen LogP contribution in [0.25, 0.3) is 0 Å². The van der Waals surface area contributed by atoms with Crippen molar-refractivity contribution < 1.29 is 34.1 Å². The lowest BCUT2D eigenvalue weighted by Gasteiger charge is -2.17. The zero-order chi connectivity index (χ0) is 24.1. The highest BCUT2D eigenvalue weighted by atomic mass is 16.7. The monoisotopic (exact) mass is 467 g/mol. The summed E-state index contributed by atoms with van der Waals surface area (Å²) < 4.78 is 11.7. The van der Waals surface area contributed by atoms with Crippen LogP contribution in [0.15, 0.2) is 77.7 Å². The average Bonchev–Trinajstić information content (AvgIpc) is 3.15. The topological polar surface area (TPSA) is 149 Å². The summed E-state index contributed by atoms with van der Waals surface area (Å²) >= 11 is 0. The Morgan fingerprint density at radius 1 is 0.941 bits per heavy atom. The molecule has 4 rings (SSSR count). The molecule has 4 atom stereocenters. The lowest BCUT2D eigenvalue weighted by molar-refractivity contribution is -0.0598. The molecule has 34 heavy (non-hydrogen) atoms. The van der Waals surface area contributed by atoms with E-state index in [9.17, 15) is 24.6 Å². The van der Waals surface area contributed by atoms with Gasteiger partial charge in [-0.25, -0.2) is 14.4 Å². The number of carbonyl (C=O) groups excluding carboxylic acids is 2. The summed E-state index contributed by atoms with van der Waals surface area (Å²) in [5, 5.41) is 20.7. The number of nitrogens with zero attached hydrogens (tertiary/aromatic N) is 2. The van der Waals surface area contributed by atoms with Crippen LogP contribution in [0.1, 0.15) is 26.9 Å². The molecule has 0 radical (unpaired) electrons. The molecular weight excluding hydrogens is 446 g/mol. The molecule has 0 aliphatic carbocycles. The van der Waals surface area contributed by atoms with Gasteiger partial charge in [0.1, 0.15) is 24.9 Å². The van der Waals surface area contributed by atoms with Gasteiger partial charge in [0, 0.05) is 12.3 Å². The van der Waals surface area contributed by atoms with Crippen LogP contribution in [-0.4, -0.2) is 56.6 Å². The number of carbonyl (C=O) groups is 2. The Bertz CT molecular complexity index is 1200. The molecule has 1 aliphatic rings. The minimum absolute atomic E-state index is 0.0492. The summed E-state index contributed by atoms with van der Waals surface area (Å²) in [7, 11) is 0. The molecule has 2 heterocycles. The molecule has 11 heteroatoms. The molecule has 0 spiro atoms. The summed E-state index contributed by atoms with van der Waals surface area (Å²) in [6.07, 6.45) is -3.97. The molecule has 1 saturated heterocycles. The molecule has 1 aliphatic heterocycles. The highest BCUT2D eigenvalue weighted by molar-refractivity contribution is 5.90. The summed E-state index contributed by atoms with van der Waals surface area (Å²) in [5.41, 5.74) is 2.09.